The second-order valence-corrected chi connectivity index (χ2v) is 6.79. The lowest BCUT2D eigenvalue weighted by Gasteiger charge is -2.13. The van der Waals surface area contributed by atoms with E-state index < -0.39 is 5.97 Å². The third-order valence-electron chi connectivity index (χ3n) is 4.56. The molecular formula is C24H23N3O4. The molecule has 7 heteroatoms. The smallest absolute Gasteiger partial charge is 0.337 e. The van der Waals surface area contributed by atoms with Gasteiger partial charge in [0, 0.05) is 11.4 Å². The minimum atomic E-state index is -0.419. The molecule has 0 aliphatic rings. The van der Waals surface area contributed by atoms with E-state index in [0.29, 0.717) is 22.5 Å². The van der Waals surface area contributed by atoms with Crippen LogP contribution in [-0.4, -0.2) is 31.4 Å². The summed E-state index contributed by atoms with van der Waals surface area (Å²) in [7, 11) is 1.33. The van der Waals surface area contributed by atoms with Crippen LogP contribution in [0.25, 0.3) is 0 Å². The van der Waals surface area contributed by atoms with Crippen molar-refractivity contribution in [3.63, 3.8) is 0 Å². The number of aryl methyl sites for hydroxylation is 1. The van der Waals surface area contributed by atoms with E-state index in [2.05, 4.69) is 16.0 Å². The van der Waals surface area contributed by atoms with Crippen LogP contribution in [0.2, 0.25) is 0 Å². The van der Waals surface area contributed by atoms with Crippen molar-refractivity contribution in [1.82, 2.24) is 0 Å². The zero-order chi connectivity index (χ0) is 22.2. The Labute approximate surface area is 180 Å². The number of anilines is 3. The lowest BCUT2D eigenvalue weighted by molar-refractivity contribution is -0.114. The van der Waals surface area contributed by atoms with E-state index in [-0.39, 0.29) is 18.4 Å². The fraction of sp³-hybridized carbons (Fsp3) is 0.125. The van der Waals surface area contributed by atoms with Gasteiger partial charge in [-0.05, 0) is 55.0 Å². The van der Waals surface area contributed by atoms with Gasteiger partial charge in [-0.3, -0.25) is 9.59 Å². The van der Waals surface area contributed by atoms with Crippen molar-refractivity contribution in [3.8, 4) is 0 Å². The van der Waals surface area contributed by atoms with Gasteiger partial charge in [-0.15, -0.1) is 0 Å². The molecular weight excluding hydrogens is 394 g/mol. The number of carbonyl (C=O) groups excluding carboxylic acids is 3. The minimum Gasteiger partial charge on any atom is -0.465 e. The molecule has 0 radical (unpaired) electrons. The molecule has 31 heavy (non-hydrogen) atoms. The van der Waals surface area contributed by atoms with Gasteiger partial charge in [0.25, 0.3) is 5.91 Å². The normalized spacial score (nSPS) is 10.1. The first-order valence-electron chi connectivity index (χ1n) is 9.66. The molecule has 0 saturated heterocycles. The summed E-state index contributed by atoms with van der Waals surface area (Å²) in [4.78, 5) is 36.7. The predicted octanol–water partition coefficient (Wildman–Crippen LogP) is 4.08. The molecule has 2 amide bonds. The minimum absolute atomic E-state index is 0.00690. The van der Waals surface area contributed by atoms with E-state index in [4.69, 9.17) is 4.74 Å². The second kappa shape index (κ2) is 10.1. The van der Waals surface area contributed by atoms with E-state index in [1.54, 1.807) is 54.6 Å². The largest absolute Gasteiger partial charge is 0.465 e. The van der Waals surface area contributed by atoms with Gasteiger partial charge < -0.3 is 20.7 Å². The van der Waals surface area contributed by atoms with Gasteiger partial charge in [-0.2, -0.15) is 0 Å². The van der Waals surface area contributed by atoms with Crippen molar-refractivity contribution in [2.24, 2.45) is 0 Å². The number of esters is 1. The van der Waals surface area contributed by atoms with Crippen molar-refractivity contribution in [3.05, 3.63) is 89.5 Å². The molecule has 0 bridgehead atoms. The van der Waals surface area contributed by atoms with Gasteiger partial charge in [0.05, 0.1) is 30.5 Å². The highest BCUT2D eigenvalue weighted by Gasteiger charge is 2.14. The number of benzene rings is 3. The summed E-state index contributed by atoms with van der Waals surface area (Å²) in [6.45, 7) is 1.82. The van der Waals surface area contributed by atoms with E-state index in [1.165, 1.54) is 7.11 Å². The van der Waals surface area contributed by atoms with Crippen LogP contribution < -0.4 is 16.0 Å². The molecule has 3 aromatic rings. The Hall–Kier alpha value is -4.13. The van der Waals surface area contributed by atoms with Crippen molar-refractivity contribution < 1.29 is 19.1 Å². The maximum Gasteiger partial charge on any atom is 0.337 e. The Morgan fingerprint density at radius 2 is 1.55 bits per heavy atom. The van der Waals surface area contributed by atoms with Crippen molar-refractivity contribution in [2.75, 3.05) is 29.6 Å². The summed E-state index contributed by atoms with van der Waals surface area (Å²) in [5, 5.41) is 8.62. The van der Waals surface area contributed by atoms with Crippen molar-refractivity contribution in [2.45, 2.75) is 6.92 Å². The Morgan fingerprint density at radius 3 is 2.26 bits per heavy atom. The van der Waals surface area contributed by atoms with Gasteiger partial charge in [-0.25, -0.2) is 4.79 Å². The Morgan fingerprint density at radius 1 is 0.839 bits per heavy atom. The molecule has 0 unspecified atom stereocenters. The van der Waals surface area contributed by atoms with E-state index in [1.807, 2.05) is 25.1 Å². The highest BCUT2D eigenvalue weighted by Crippen LogP contribution is 2.19. The molecule has 3 aromatic carbocycles. The third kappa shape index (κ3) is 5.70. The summed E-state index contributed by atoms with van der Waals surface area (Å²) < 4.78 is 4.71. The molecule has 0 fully saturated rings. The van der Waals surface area contributed by atoms with Crippen LogP contribution in [0.1, 0.15) is 26.3 Å². The van der Waals surface area contributed by atoms with Crippen molar-refractivity contribution >= 4 is 34.8 Å². The van der Waals surface area contributed by atoms with Crippen LogP contribution in [-0.2, 0) is 9.53 Å². The van der Waals surface area contributed by atoms with Gasteiger partial charge in [-0.1, -0.05) is 30.3 Å². The number of ether oxygens (including phenoxy) is 1. The van der Waals surface area contributed by atoms with Crippen LogP contribution in [0.5, 0.6) is 0 Å². The zero-order valence-electron chi connectivity index (χ0n) is 17.3. The molecule has 0 aliphatic carbocycles. The molecule has 0 aromatic heterocycles. The Kier molecular flexibility index (Phi) is 7.01. The maximum absolute atomic E-state index is 12.6. The SMILES string of the molecule is COC(=O)c1ccc(NCC(=O)Nc2ccccc2C(=O)Nc2ccccc2)c(C)c1. The summed E-state index contributed by atoms with van der Waals surface area (Å²) >= 11 is 0. The molecule has 7 nitrogen and oxygen atoms in total. The van der Waals surface area contributed by atoms with E-state index in [0.717, 1.165) is 11.3 Å². The molecule has 3 N–H and O–H groups in total. The van der Waals surface area contributed by atoms with Crippen LogP contribution in [0.15, 0.2) is 72.8 Å². The zero-order valence-corrected chi connectivity index (χ0v) is 17.3. The third-order valence-corrected chi connectivity index (χ3v) is 4.56. The highest BCUT2D eigenvalue weighted by atomic mass is 16.5. The number of carbonyl (C=O) groups is 3. The number of hydrogen-bond donors (Lipinski definition) is 3. The Bertz CT molecular complexity index is 1100. The Balaban J connectivity index is 1.64. The average molecular weight is 417 g/mol. The first-order valence-corrected chi connectivity index (χ1v) is 9.66. The number of rotatable bonds is 7. The lowest BCUT2D eigenvalue weighted by atomic mass is 10.1. The number of para-hydroxylation sites is 2. The summed E-state index contributed by atoms with van der Waals surface area (Å²) in [5.74, 6) is -1.04. The lowest BCUT2D eigenvalue weighted by Crippen LogP contribution is -2.24. The molecule has 0 aliphatic heterocycles. The number of amides is 2. The van der Waals surface area contributed by atoms with Crippen LogP contribution in [0, 0.1) is 6.92 Å². The highest BCUT2D eigenvalue weighted by molar-refractivity contribution is 6.10. The maximum atomic E-state index is 12.6. The summed E-state index contributed by atoms with van der Waals surface area (Å²) in [6.07, 6.45) is 0. The van der Waals surface area contributed by atoms with E-state index in [9.17, 15) is 14.4 Å². The molecule has 0 saturated carbocycles. The molecule has 0 spiro atoms. The molecule has 3 rings (SSSR count). The van der Waals surface area contributed by atoms with Gasteiger partial charge >= 0.3 is 5.97 Å². The van der Waals surface area contributed by atoms with Crippen LogP contribution in [0.3, 0.4) is 0 Å². The predicted molar refractivity (Wildman–Crippen MR) is 120 cm³/mol. The van der Waals surface area contributed by atoms with Crippen LogP contribution >= 0.6 is 0 Å². The molecule has 0 atom stereocenters. The number of methoxy groups -OCH3 is 1. The summed E-state index contributed by atoms with van der Waals surface area (Å²) in [6, 6.07) is 20.9. The molecule has 0 heterocycles. The van der Waals surface area contributed by atoms with Crippen molar-refractivity contribution in [1.29, 1.82) is 0 Å². The monoisotopic (exact) mass is 417 g/mol. The van der Waals surface area contributed by atoms with E-state index >= 15 is 0 Å². The van der Waals surface area contributed by atoms with Gasteiger partial charge in [0.15, 0.2) is 0 Å². The standard InChI is InChI=1S/C24H23N3O4/c1-16-14-17(24(30)31-2)12-13-20(16)25-15-22(28)27-21-11-7-6-10-19(21)23(29)26-18-8-4-3-5-9-18/h3-14,25H,15H2,1-2H3,(H,26,29)(H,27,28). The van der Waals surface area contributed by atoms with Gasteiger partial charge in [0.2, 0.25) is 5.91 Å². The number of hydrogen-bond acceptors (Lipinski definition) is 5. The topological polar surface area (TPSA) is 96.5 Å². The van der Waals surface area contributed by atoms with Gasteiger partial charge in [0.1, 0.15) is 0 Å². The first-order chi connectivity index (χ1) is 15.0. The number of nitrogens with one attached hydrogen (secondary N) is 3. The second-order valence-electron chi connectivity index (χ2n) is 6.79. The average Bonchev–Trinajstić information content (AvgIpc) is 2.78. The summed E-state index contributed by atoms with van der Waals surface area (Å²) in [5.41, 5.74) is 3.41. The van der Waals surface area contributed by atoms with Crippen LogP contribution in [0.4, 0.5) is 17.1 Å². The molecule has 158 valence electrons. The quantitative estimate of drug-likeness (QED) is 0.503. The first kappa shape index (κ1) is 21.6. The fourth-order valence-electron chi connectivity index (χ4n) is 2.99. The fourth-order valence-corrected chi connectivity index (χ4v) is 2.99.